The topological polar surface area (TPSA) is 48.1 Å². The van der Waals surface area contributed by atoms with Crippen LogP contribution in [0.3, 0.4) is 0 Å². The number of alkyl halides is 1. The molecule has 0 amide bonds. The van der Waals surface area contributed by atoms with E-state index in [9.17, 15) is 4.39 Å². The van der Waals surface area contributed by atoms with Crippen LogP contribution in [-0.2, 0) is 0 Å². The van der Waals surface area contributed by atoms with Gasteiger partial charge in [-0.2, -0.15) is 0 Å². The highest BCUT2D eigenvalue weighted by Crippen LogP contribution is 2.19. The maximum absolute atomic E-state index is 11.7. The second-order valence-corrected chi connectivity index (χ2v) is 2.08. The molecular formula is C7H9FN2O. The Morgan fingerprint density at radius 2 is 2.45 bits per heavy atom. The van der Waals surface area contributed by atoms with Crippen LogP contribution in [0.2, 0.25) is 0 Å². The number of aromatic nitrogens is 1. The molecule has 0 saturated carbocycles. The first-order valence-corrected chi connectivity index (χ1v) is 3.15. The molecule has 0 radical (unpaired) electrons. The number of anilines is 1. The summed E-state index contributed by atoms with van der Waals surface area (Å²) in [6.07, 6.45) is 1.48. The van der Waals surface area contributed by atoms with Gasteiger partial charge in [-0.05, 0) is 13.0 Å². The maximum atomic E-state index is 11.7. The molecule has 0 spiro atoms. The van der Waals surface area contributed by atoms with E-state index in [2.05, 4.69) is 9.72 Å². The molecule has 0 aromatic carbocycles. The Morgan fingerprint density at radius 1 is 1.73 bits per heavy atom. The summed E-state index contributed by atoms with van der Waals surface area (Å²) >= 11 is 0. The molecule has 3 nitrogen and oxygen atoms in total. The Kier molecular flexibility index (Phi) is 2.25. The summed E-state index contributed by atoms with van der Waals surface area (Å²) in [5.74, 6) is 0.257. The van der Waals surface area contributed by atoms with E-state index >= 15 is 0 Å². The van der Waals surface area contributed by atoms with Crippen LogP contribution in [0.15, 0.2) is 12.3 Å². The minimum Gasteiger partial charge on any atom is -0.446 e. The lowest BCUT2D eigenvalue weighted by atomic mass is 10.2. The molecule has 60 valence electrons. The van der Waals surface area contributed by atoms with Gasteiger partial charge in [0, 0.05) is 17.4 Å². The lowest BCUT2D eigenvalue weighted by molar-refractivity contribution is 0.183. The largest absolute Gasteiger partial charge is 0.446 e. The molecule has 0 aliphatic carbocycles. The number of nitrogens with two attached hydrogens (primary N) is 1. The molecule has 0 saturated heterocycles. The molecule has 0 bridgehead atoms. The van der Waals surface area contributed by atoms with E-state index in [1.54, 1.807) is 13.0 Å². The zero-order valence-corrected chi connectivity index (χ0v) is 6.17. The molecule has 0 atom stereocenters. The number of hydrogen-bond acceptors (Lipinski definition) is 3. The van der Waals surface area contributed by atoms with Crippen LogP contribution in [0.4, 0.5) is 10.1 Å². The fraction of sp³-hybridized carbons (Fsp3) is 0.286. The second kappa shape index (κ2) is 3.18. The molecule has 0 fully saturated rings. The predicted molar refractivity (Wildman–Crippen MR) is 40.0 cm³/mol. The third-order valence-electron chi connectivity index (χ3n) is 1.39. The van der Waals surface area contributed by atoms with E-state index in [1.807, 2.05) is 0 Å². The normalized spacial score (nSPS) is 9.64. The van der Waals surface area contributed by atoms with Gasteiger partial charge < -0.3 is 10.5 Å². The molecule has 4 heteroatoms. The number of rotatable bonds is 2. The molecule has 1 rings (SSSR count). The molecule has 1 heterocycles. The highest BCUT2D eigenvalue weighted by atomic mass is 19.1. The number of ether oxygens (including phenoxy) is 1. The average Bonchev–Trinajstić information content (AvgIpc) is 1.99. The first kappa shape index (κ1) is 7.78. The van der Waals surface area contributed by atoms with Crippen molar-refractivity contribution in [1.29, 1.82) is 0 Å². The third kappa shape index (κ3) is 1.58. The van der Waals surface area contributed by atoms with Crippen molar-refractivity contribution >= 4 is 5.69 Å². The molecule has 1 aromatic heterocycles. The van der Waals surface area contributed by atoms with Crippen molar-refractivity contribution in [1.82, 2.24) is 4.98 Å². The van der Waals surface area contributed by atoms with Crippen LogP contribution < -0.4 is 10.5 Å². The molecule has 11 heavy (non-hydrogen) atoms. The number of nitrogen functional groups attached to an aromatic ring is 1. The van der Waals surface area contributed by atoms with Gasteiger partial charge in [0.05, 0.1) is 0 Å². The van der Waals surface area contributed by atoms with Gasteiger partial charge in [-0.1, -0.05) is 0 Å². The molecule has 0 aliphatic rings. The van der Waals surface area contributed by atoms with Crippen molar-refractivity contribution in [3.8, 4) is 5.88 Å². The Hall–Kier alpha value is -1.32. The van der Waals surface area contributed by atoms with Gasteiger partial charge in [0.1, 0.15) is 0 Å². The van der Waals surface area contributed by atoms with E-state index in [0.717, 1.165) is 0 Å². The molecule has 1 aromatic rings. The van der Waals surface area contributed by atoms with Gasteiger partial charge in [-0.15, -0.1) is 0 Å². The Bertz CT molecular complexity index is 252. The van der Waals surface area contributed by atoms with Crippen molar-refractivity contribution < 1.29 is 9.13 Å². The zero-order chi connectivity index (χ0) is 8.27. The molecule has 0 aliphatic heterocycles. The van der Waals surface area contributed by atoms with Crippen molar-refractivity contribution in [3.05, 3.63) is 17.8 Å². The van der Waals surface area contributed by atoms with Gasteiger partial charge in [0.2, 0.25) is 12.7 Å². The first-order chi connectivity index (χ1) is 5.25. The van der Waals surface area contributed by atoms with Crippen LogP contribution in [0.25, 0.3) is 0 Å². The van der Waals surface area contributed by atoms with Gasteiger partial charge >= 0.3 is 0 Å². The van der Waals surface area contributed by atoms with Gasteiger partial charge in [0.15, 0.2) is 0 Å². The highest BCUT2D eigenvalue weighted by Gasteiger charge is 2.02. The highest BCUT2D eigenvalue weighted by molar-refractivity contribution is 5.49. The average molecular weight is 156 g/mol. The summed E-state index contributed by atoms with van der Waals surface area (Å²) in [5.41, 5.74) is 6.74. The first-order valence-electron chi connectivity index (χ1n) is 3.15. The minimum absolute atomic E-state index is 0.257. The lowest BCUT2D eigenvalue weighted by Crippen LogP contribution is -1.98. The van der Waals surface area contributed by atoms with Gasteiger partial charge in [0.25, 0.3) is 0 Å². The van der Waals surface area contributed by atoms with Gasteiger partial charge in [-0.3, -0.25) is 0 Å². The van der Waals surface area contributed by atoms with E-state index < -0.39 is 6.86 Å². The predicted octanol–water partition coefficient (Wildman–Crippen LogP) is 1.28. The Labute approximate surface area is 64.0 Å². The SMILES string of the molecule is Cc1c(N)ccnc1OCF. The van der Waals surface area contributed by atoms with Gasteiger partial charge in [-0.25, -0.2) is 9.37 Å². The Balaban J connectivity index is 2.96. The van der Waals surface area contributed by atoms with Crippen LogP contribution in [-0.4, -0.2) is 11.8 Å². The minimum atomic E-state index is -0.878. The third-order valence-corrected chi connectivity index (χ3v) is 1.39. The standard InChI is InChI=1S/C7H9FN2O/c1-5-6(9)2-3-10-7(5)11-4-8/h2-3H,4H2,1H3,(H2,9,10). The fourth-order valence-corrected chi connectivity index (χ4v) is 0.728. The molecule has 2 N–H and O–H groups in total. The molecule has 0 unspecified atom stereocenters. The summed E-state index contributed by atoms with van der Waals surface area (Å²) in [6, 6.07) is 1.64. The van der Waals surface area contributed by atoms with E-state index in [4.69, 9.17) is 5.73 Å². The summed E-state index contributed by atoms with van der Waals surface area (Å²) in [7, 11) is 0. The van der Waals surface area contributed by atoms with E-state index in [1.165, 1.54) is 6.20 Å². The number of nitrogens with zero attached hydrogens (tertiary/aromatic N) is 1. The summed E-state index contributed by atoms with van der Waals surface area (Å²) in [4.78, 5) is 3.79. The zero-order valence-electron chi connectivity index (χ0n) is 6.17. The monoisotopic (exact) mass is 156 g/mol. The van der Waals surface area contributed by atoms with E-state index in [-0.39, 0.29) is 5.88 Å². The van der Waals surface area contributed by atoms with Crippen molar-refractivity contribution in [3.63, 3.8) is 0 Å². The van der Waals surface area contributed by atoms with Crippen LogP contribution in [0, 0.1) is 6.92 Å². The van der Waals surface area contributed by atoms with Crippen molar-refractivity contribution in [2.45, 2.75) is 6.92 Å². The Morgan fingerprint density at radius 3 is 3.09 bits per heavy atom. The van der Waals surface area contributed by atoms with Crippen molar-refractivity contribution in [2.75, 3.05) is 12.6 Å². The fourth-order valence-electron chi connectivity index (χ4n) is 0.728. The lowest BCUT2D eigenvalue weighted by Gasteiger charge is -2.04. The van der Waals surface area contributed by atoms with Crippen LogP contribution in [0.1, 0.15) is 5.56 Å². The smallest absolute Gasteiger partial charge is 0.230 e. The number of halogens is 1. The summed E-state index contributed by atoms with van der Waals surface area (Å²) in [5, 5.41) is 0. The van der Waals surface area contributed by atoms with E-state index in [0.29, 0.717) is 11.3 Å². The quantitative estimate of drug-likeness (QED) is 0.701. The maximum Gasteiger partial charge on any atom is 0.230 e. The van der Waals surface area contributed by atoms with Crippen molar-refractivity contribution in [2.24, 2.45) is 0 Å². The second-order valence-electron chi connectivity index (χ2n) is 2.08. The number of pyridine rings is 1. The summed E-state index contributed by atoms with van der Waals surface area (Å²) < 4.78 is 16.2. The number of hydrogen-bond donors (Lipinski definition) is 1. The summed E-state index contributed by atoms with van der Waals surface area (Å²) in [6.45, 7) is 0.852. The van der Waals surface area contributed by atoms with Crippen LogP contribution >= 0.6 is 0 Å². The molecular weight excluding hydrogens is 147 g/mol. The van der Waals surface area contributed by atoms with Crippen LogP contribution in [0.5, 0.6) is 5.88 Å².